The van der Waals surface area contributed by atoms with Crippen LogP contribution in [-0.4, -0.2) is 30.6 Å². The molecule has 6 heteroatoms. The summed E-state index contributed by atoms with van der Waals surface area (Å²) >= 11 is 1.41. The Kier molecular flexibility index (Phi) is 6.85. The number of rotatable bonds is 8. The van der Waals surface area contributed by atoms with Gasteiger partial charge in [0.15, 0.2) is 0 Å². The number of hydrogen-bond donors (Lipinski definition) is 2. The number of nitrogens with zero attached hydrogens (tertiary/aromatic N) is 1. The molecule has 1 aromatic rings. The molecule has 0 aliphatic rings. The lowest BCUT2D eigenvalue weighted by molar-refractivity contribution is 0.0921. The van der Waals surface area contributed by atoms with Crippen LogP contribution in [-0.2, 0) is 11.3 Å². The quantitative estimate of drug-likeness (QED) is 0.701. The highest BCUT2D eigenvalue weighted by atomic mass is 32.1. The second-order valence-electron chi connectivity index (χ2n) is 4.41. The topological polar surface area (TPSA) is 77.2 Å². The molecule has 0 bridgehead atoms. The first kappa shape index (κ1) is 15.1. The Morgan fingerprint density at radius 2 is 2.39 bits per heavy atom. The number of nitrogens with one attached hydrogen (secondary N) is 1. The Morgan fingerprint density at radius 1 is 1.61 bits per heavy atom. The predicted octanol–water partition coefficient (Wildman–Crippen LogP) is 1.39. The first-order valence-corrected chi connectivity index (χ1v) is 7.02. The minimum atomic E-state index is -0.144. The van der Waals surface area contributed by atoms with Gasteiger partial charge in [-0.15, -0.1) is 11.3 Å². The Hall–Kier alpha value is -0.980. The van der Waals surface area contributed by atoms with E-state index in [4.69, 9.17) is 10.5 Å². The van der Waals surface area contributed by atoms with Crippen LogP contribution in [0, 0.1) is 5.92 Å². The largest absolute Gasteiger partial charge is 0.381 e. The number of carbonyl (C=O) groups is 1. The van der Waals surface area contributed by atoms with Crippen LogP contribution in [0.3, 0.4) is 0 Å². The van der Waals surface area contributed by atoms with Crippen molar-refractivity contribution in [3.05, 3.63) is 16.1 Å². The number of amides is 1. The Labute approximate surface area is 112 Å². The molecule has 0 atom stereocenters. The van der Waals surface area contributed by atoms with Gasteiger partial charge in [-0.2, -0.15) is 0 Å². The van der Waals surface area contributed by atoms with Crippen molar-refractivity contribution < 1.29 is 9.53 Å². The molecule has 0 aromatic carbocycles. The molecule has 1 rings (SSSR count). The van der Waals surface area contributed by atoms with Gasteiger partial charge in [-0.25, -0.2) is 4.98 Å². The standard InChI is InChI=1S/C12H21N3O2S/c1-9(2)7-17-5-3-4-14-12(16)10-8-18-11(6-13)15-10/h8-9H,3-7,13H2,1-2H3,(H,14,16). The molecular weight excluding hydrogens is 250 g/mol. The molecule has 3 N–H and O–H groups in total. The number of aromatic nitrogens is 1. The summed E-state index contributed by atoms with van der Waals surface area (Å²) in [5.74, 6) is 0.402. The fraction of sp³-hybridized carbons (Fsp3) is 0.667. The molecule has 5 nitrogen and oxygen atoms in total. The average Bonchev–Trinajstić information content (AvgIpc) is 2.81. The molecule has 1 amide bonds. The van der Waals surface area contributed by atoms with E-state index in [-0.39, 0.29) is 5.91 Å². The molecule has 0 unspecified atom stereocenters. The number of hydrogen-bond acceptors (Lipinski definition) is 5. The molecule has 1 heterocycles. The van der Waals surface area contributed by atoms with E-state index in [1.165, 1.54) is 11.3 Å². The summed E-state index contributed by atoms with van der Waals surface area (Å²) in [5, 5.41) is 5.32. The summed E-state index contributed by atoms with van der Waals surface area (Å²) in [6, 6.07) is 0. The maximum atomic E-state index is 11.7. The summed E-state index contributed by atoms with van der Waals surface area (Å²) < 4.78 is 5.42. The minimum Gasteiger partial charge on any atom is -0.381 e. The number of ether oxygens (including phenoxy) is 1. The molecule has 0 aliphatic heterocycles. The molecule has 0 radical (unpaired) electrons. The lowest BCUT2D eigenvalue weighted by atomic mass is 10.2. The molecule has 1 aromatic heterocycles. The molecule has 0 spiro atoms. The van der Waals surface area contributed by atoms with Gasteiger partial charge in [-0.1, -0.05) is 13.8 Å². The third kappa shape index (κ3) is 5.57. The normalized spacial score (nSPS) is 10.9. The Morgan fingerprint density at radius 3 is 3.00 bits per heavy atom. The second kappa shape index (κ2) is 8.18. The van der Waals surface area contributed by atoms with E-state index < -0.39 is 0 Å². The van der Waals surface area contributed by atoms with Crippen LogP contribution >= 0.6 is 11.3 Å². The summed E-state index contributed by atoms with van der Waals surface area (Å²) in [4.78, 5) is 15.8. The SMILES string of the molecule is CC(C)COCCCNC(=O)c1csc(CN)n1. The van der Waals surface area contributed by atoms with Crippen molar-refractivity contribution in [2.45, 2.75) is 26.8 Å². The van der Waals surface area contributed by atoms with Crippen LogP contribution in [0.1, 0.15) is 35.8 Å². The maximum Gasteiger partial charge on any atom is 0.270 e. The fourth-order valence-electron chi connectivity index (χ4n) is 1.29. The van der Waals surface area contributed by atoms with Crippen molar-refractivity contribution in [2.24, 2.45) is 11.7 Å². The predicted molar refractivity (Wildman–Crippen MR) is 72.6 cm³/mol. The summed E-state index contributed by atoms with van der Waals surface area (Å²) in [5.41, 5.74) is 5.89. The smallest absolute Gasteiger partial charge is 0.270 e. The van der Waals surface area contributed by atoms with Crippen LogP contribution in [0.15, 0.2) is 5.38 Å². The van der Waals surface area contributed by atoms with E-state index >= 15 is 0 Å². The summed E-state index contributed by atoms with van der Waals surface area (Å²) in [6.07, 6.45) is 0.812. The average molecular weight is 271 g/mol. The van der Waals surface area contributed by atoms with Crippen molar-refractivity contribution in [1.29, 1.82) is 0 Å². The van der Waals surface area contributed by atoms with Gasteiger partial charge in [-0.05, 0) is 12.3 Å². The monoisotopic (exact) mass is 271 g/mol. The van der Waals surface area contributed by atoms with Crippen molar-refractivity contribution in [2.75, 3.05) is 19.8 Å². The van der Waals surface area contributed by atoms with Crippen LogP contribution in [0.4, 0.5) is 0 Å². The van der Waals surface area contributed by atoms with Gasteiger partial charge in [0.1, 0.15) is 10.7 Å². The summed E-state index contributed by atoms with van der Waals surface area (Å²) in [6.45, 7) is 6.63. The van der Waals surface area contributed by atoms with E-state index in [1.807, 2.05) is 0 Å². The van der Waals surface area contributed by atoms with Gasteiger partial charge in [0.05, 0.1) is 0 Å². The minimum absolute atomic E-state index is 0.144. The molecule has 0 aliphatic carbocycles. The van der Waals surface area contributed by atoms with Gasteiger partial charge in [0.2, 0.25) is 0 Å². The number of nitrogens with two attached hydrogens (primary N) is 1. The van der Waals surface area contributed by atoms with Crippen molar-refractivity contribution in [1.82, 2.24) is 10.3 Å². The highest BCUT2D eigenvalue weighted by molar-refractivity contribution is 7.09. The fourth-order valence-corrected chi connectivity index (χ4v) is 1.95. The molecule has 18 heavy (non-hydrogen) atoms. The van der Waals surface area contributed by atoms with Crippen LogP contribution in [0.5, 0.6) is 0 Å². The van der Waals surface area contributed by atoms with Crippen LogP contribution < -0.4 is 11.1 Å². The first-order chi connectivity index (χ1) is 8.63. The lowest BCUT2D eigenvalue weighted by Crippen LogP contribution is -2.25. The third-order valence-corrected chi connectivity index (χ3v) is 3.03. The van der Waals surface area contributed by atoms with E-state index in [9.17, 15) is 4.79 Å². The van der Waals surface area contributed by atoms with Crippen molar-refractivity contribution in [3.63, 3.8) is 0 Å². The summed E-state index contributed by atoms with van der Waals surface area (Å²) in [7, 11) is 0. The molecule has 0 saturated heterocycles. The van der Waals surface area contributed by atoms with Gasteiger partial charge in [0.25, 0.3) is 5.91 Å². The zero-order valence-electron chi connectivity index (χ0n) is 10.9. The van der Waals surface area contributed by atoms with E-state index in [0.29, 0.717) is 31.3 Å². The Balaban J connectivity index is 2.13. The highest BCUT2D eigenvalue weighted by Crippen LogP contribution is 2.08. The molecule has 102 valence electrons. The molecule has 0 fully saturated rings. The second-order valence-corrected chi connectivity index (χ2v) is 5.35. The Bertz CT molecular complexity index is 366. The number of thiazole rings is 1. The zero-order valence-corrected chi connectivity index (χ0v) is 11.8. The van der Waals surface area contributed by atoms with Gasteiger partial charge < -0.3 is 15.8 Å². The first-order valence-electron chi connectivity index (χ1n) is 6.14. The van der Waals surface area contributed by atoms with Crippen molar-refractivity contribution >= 4 is 17.2 Å². The molecule has 0 saturated carbocycles. The van der Waals surface area contributed by atoms with Gasteiger partial charge in [-0.3, -0.25) is 4.79 Å². The van der Waals surface area contributed by atoms with E-state index in [1.54, 1.807) is 5.38 Å². The van der Waals surface area contributed by atoms with Gasteiger partial charge >= 0.3 is 0 Å². The third-order valence-electron chi connectivity index (χ3n) is 2.16. The molecular formula is C12H21N3O2S. The van der Waals surface area contributed by atoms with E-state index in [0.717, 1.165) is 18.0 Å². The zero-order chi connectivity index (χ0) is 13.4. The maximum absolute atomic E-state index is 11.7. The van der Waals surface area contributed by atoms with Crippen LogP contribution in [0.2, 0.25) is 0 Å². The highest BCUT2D eigenvalue weighted by Gasteiger charge is 2.08. The number of carbonyl (C=O) groups excluding carboxylic acids is 1. The van der Waals surface area contributed by atoms with Crippen molar-refractivity contribution in [3.8, 4) is 0 Å². The van der Waals surface area contributed by atoms with Crippen LogP contribution in [0.25, 0.3) is 0 Å². The van der Waals surface area contributed by atoms with Gasteiger partial charge in [0, 0.05) is 31.7 Å². The van der Waals surface area contributed by atoms with E-state index in [2.05, 4.69) is 24.1 Å². The lowest BCUT2D eigenvalue weighted by Gasteiger charge is -2.07.